The highest BCUT2D eigenvalue weighted by Gasteiger charge is 2.46. The van der Waals surface area contributed by atoms with Crippen molar-refractivity contribution in [3.8, 4) is 11.1 Å². The molecule has 6 nitrogen and oxygen atoms in total. The number of aryl methyl sites for hydroxylation is 1. The fourth-order valence-electron chi connectivity index (χ4n) is 3.48. The van der Waals surface area contributed by atoms with Crippen molar-refractivity contribution in [1.82, 2.24) is 0 Å². The van der Waals surface area contributed by atoms with Crippen LogP contribution >= 0.6 is 0 Å². The molecule has 152 valence electrons. The number of hydrogen-bond acceptors (Lipinski definition) is 6. The van der Waals surface area contributed by atoms with Crippen molar-refractivity contribution < 1.29 is 39.1 Å². The molecule has 3 rings (SSSR count). The van der Waals surface area contributed by atoms with Gasteiger partial charge in [0, 0.05) is 6.07 Å². The Morgan fingerprint density at radius 1 is 0.929 bits per heavy atom. The number of rotatable bonds is 4. The van der Waals surface area contributed by atoms with Crippen molar-refractivity contribution in [2.24, 2.45) is 0 Å². The first kappa shape index (κ1) is 20.8. The smallest absolute Gasteiger partial charge is 0.126 e. The zero-order chi connectivity index (χ0) is 20.6. The van der Waals surface area contributed by atoms with Crippen LogP contribution in [-0.2, 0) is 4.74 Å². The van der Waals surface area contributed by atoms with Crippen LogP contribution < -0.4 is 0 Å². The molecule has 2 unspecified atom stereocenters. The third-order valence-electron chi connectivity index (χ3n) is 5.02. The van der Waals surface area contributed by atoms with E-state index in [4.69, 9.17) is 4.74 Å². The first-order valence-electron chi connectivity index (χ1n) is 8.78. The maximum Gasteiger partial charge on any atom is 0.126 e. The molecule has 1 heterocycles. The van der Waals surface area contributed by atoms with Gasteiger partial charge in [0.25, 0.3) is 0 Å². The standard InChI is InChI=1S/C20H22F2O6/c1-9-4-10(11-5-12(21)7-13(22)6-11)2-3-14(9)16(24)20-19(27)18(26)17(25)15(8-23)28-20/h2-7,15-20,23-27H,8H2,1H3/t15-,16-,17-,18?,19?,20-/m1/s1. The van der Waals surface area contributed by atoms with Gasteiger partial charge in [0.2, 0.25) is 0 Å². The maximum absolute atomic E-state index is 13.5. The summed E-state index contributed by atoms with van der Waals surface area (Å²) in [6.07, 6.45) is -8.48. The van der Waals surface area contributed by atoms with Crippen molar-refractivity contribution in [2.75, 3.05) is 6.61 Å². The van der Waals surface area contributed by atoms with Gasteiger partial charge in [-0.3, -0.25) is 0 Å². The lowest BCUT2D eigenvalue weighted by Gasteiger charge is -2.42. The Hall–Kier alpha value is -1.94. The van der Waals surface area contributed by atoms with Crippen molar-refractivity contribution in [2.45, 2.75) is 43.5 Å². The van der Waals surface area contributed by atoms with Gasteiger partial charge in [-0.05, 0) is 41.3 Å². The molecule has 1 aliphatic rings. The van der Waals surface area contributed by atoms with Crippen molar-refractivity contribution >= 4 is 0 Å². The van der Waals surface area contributed by atoms with E-state index >= 15 is 0 Å². The summed E-state index contributed by atoms with van der Waals surface area (Å²) in [5, 5.41) is 49.9. The van der Waals surface area contributed by atoms with Gasteiger partial charge in [-0.15, -0.1) is 0 Å². The van der Waals surface area contributed by atoms with E-state index in [1.165, 1.54) is 18.2 Å². The molecule has 0 saturated carbocycles. The van der Waals surface area contributed by atoms with E-state index in [1.807, 2.05) is 0 Å². The zero-order valence-corrected chi connectivity index (χ0v) is 15.0. The molecular formula is C20H22F2O6. The summed E-state index contributed by atoms with van der Waals surface area (Å²) in [4.78, 5) is 0. The van der Waals surface area contributed by atoms with Crippen LogP contribution in [0.3, 0.4) is 0 Å². The Kier molecular flexibility index (Phi) is 6.09. The lowest BCUT2D eigenvalue weighted by atomic mass is 9.88. The number of aliphatic hydroxyl groups excluding tert-OH is 5. The zero-order valence-electron chi connectivity index (χ0n) is 15.0. The van der Waals surface area contributed by atoms with Gasteiger partial charge in [0.05, 0.1) is 6.61 Å². The fourth-order valence-corrected chi connectivity index (χ4v) is 3.48. The van der Waals surface area contributed by atoms with Crippen LogP contribution in [0.4, 0.5) is 8.78 Å². The average Bonchev–Trinajstić information content (AvgIpc) is 2.65. The fraction of sp³-hybridized carbons (Fsp3) is 0.400. The number of hydrogen-bond donors (Lipinski definition) is 5. The molecule has 0 radical (unpaired) electrons. The van der Waals surface area contributed by atoms with Crippen LogP contribution in [0.5, 0.6) is 0 Å². The summed E-state index contributed by atoms with van der Waals surface area (Å²) >= 11 is 0. The molecule has 1 saturated heterocycles. The highest BCUT2D eigenvalue weighted by atomic mass is 19.1. The Labute approximate surface area is 160 Å². The van der Waals surface area contributed by atoms with E-state index in [1.54, 1.807) is 19.1 Å². The molecule has 0 bridgehead atoms. The van der Waals surface area contributed by atoms with Crippen molar-refractivity contribution in [3.05, 3.63) is 59.2 Å². The van der Waals surface area contributed by atoms with Gasteiger partial charge < -0.3 is 30.3 Å². The molecule has 5 N–H and O–H groups in total. The van der Waals surface area contributed by atoms with E-state index in [-0.39, 0.29) is 0 Å². The summed E-state index contributed by atoms with van der Waals surface area (Å²) in [6, 6.07) is 7.85. The molecule has 6 atom stereocenters. The first-order chi connectivity index (χ1) is 13.2. The van der Waals surface area contributed by atoms with E-state index < -0.39 is 54.9 Å². The summed E-state index contributed by atoms with van der Waals surface area (Å²) in [5.74, 6) is -1.42. The second-order valence-electron chi connectivity index (χ2n) is 6.97. The molecular weight excluding hydrogens is 374 g/mol. The molecule has 1 fully saturated rings. The Bertz CT molecular complexity index is 823. The first-order valence-corrected chi connectivity index (χ1v) is 8.78. The summed E-state index contributed by atoms with van der Waals surface area (Å²) < 4.78 is 32.3. The van der Waals surface area contributed by atoms with Gasteiger partial charge in [-0.2, -0.15) is 0 Å². The Morgan fingerprint density at radius 2 is 1.57 bits per heavy atom. The number of benzene rings is 2. The maximum atomic E-state index is 13.5. The molecule has 8 heteroatoms. The highest BCUT2D eigenvalue weighted by Crippen LogP contribution is 2.33. The number of aliphatic hydroxyl groups is 5. The van der Waals surface area contributed by atoms with Crippen LogP contribution in [0.2, 0.25) is 0 Å². The van der Waals surface area contributed by atoms with E-state index in [0.29, 0.717) is 22.3 Å². The van der Waals surface area contributed by atoms with Crippen LogP contribution in [0.25, 0.3) is 11.1 Å². The summed E-state index contributed by atoms with van der Waals surface area (Å²) in [7, 11) is 0. The molecule has 28 heavy (non-hydrogen) atoms. The molecule has 0 amide bonds. The molecule has 0 aliphatic carbocycles. The van der Waals surface area contributed by atoms with Crippen LogP contribution in [0.1, 0.15) is 17.2 Å². The number of ether oxygens (including phenoxy) is 1. The average molecular weight is 396 g/mol. The van der Waals surface area contributed by atoms with Gasteiger partial charge in [-0.1, -0.05) is 18.2 Å². The van der Waals surface area contributed by atoms with Crippen LogP contribution in [0.15, 0.2) is 36.4 Å². The topological polar surface area (TPSA) is 110 Å². The largest absolute Gasteiger partial charge is 0.394 e. The normalized spacial score (nSPS) is 28.9. The lowest BCUT2D eigenvalue weighted by Crippen LogP contribution is -2.59. The second-order valence-corrected chi connectivity index (χ2v) is 6.97. The van der Waals surface area contributed by atoms with Gasteiger partial charge in [0.15, 0.2) is 0 Å². The molecule has 2 aromatic rings. The SMILES string of the molecule is Cc1cc(-c2cc(F)cc(F)c2)ccc1[C@@H](O)[C@H]1O[C@H](CO)[C@@H](O)C(O)C1O. The summed E-state index contributed by atoms with van der Waals surface area (Å²) in [5.41, 5.74) is 1.78. The predicted molar refractivity (Wildman–Crippen MR) is 95.3 cm³/mol. The Balaban J connectivity index is 1.89. The van der Waals surface area contributed by atoms with Crippen LogP contribution in [0, 0.1) is 18.6 Å². The third kappa shape index (κ3) is 3.93. The molecule has 0 aromatic heterocycles. The van der Waals surface area contributed by atoms with Crippen LogP contribution in [-0.4, -0.2) is 62.7 Å². The van der Waals surface area contributed by atoms with E-state index in [9.17, 15) is 34.3 Å². The molecule has 1 aliphatic heterocycles. The lowest BCUT2D eigenvalue weighted by molar-refractivity contribution is -0.250. The van der Waals surface area contributed by atoms with Gasteiger partial charge in [-0.25, -0.2) is 8.78 Å². The summed E-state index contributed by atoms with van der Waals surface area (Å²) in [6.45, 7) is 1.07. The highest BCUT2D eigenvalue weighted by molar-refractivity contribution is 5.65. The van der Waals surface area contributed by atoms with E-state index in [2.05, 4.69) is 0 Å². The minimum atomic E-state index is -1.60. The minimum absolute atomic E-state index is 0.328. The minimum Gasteiger partial charge on any atom is -0.394 e. The number of halogens is 2. The molecule has 0 spiro atoms. The quantitative estimate of drug-likeness (QED) is 0.523. The predicted octanol–water partition coefficient (Wildman–Crippen LogP) is 0.816. The molecule has 2 aromatic carbocycles. The van der Waals surface area contributed by atoms with Crippen molar-refractivity contribution in [1.29, 1.82) is 0 Å². The van der Waals surface area contributed by atoms with Gasteiger partial charge >= 0.3 is 0 Å². The monoisotopic (exact) mass is 396 g/mol. The van der Waals surface area contributed by atoms with E-state index in [0.717, 1.165) is 6.07 Å². The van der Waals surface area contributed by atoms with Crippen molar-refractivity contribution in [3.63, 3.8) is 0 Å². The Morgan fingerprint density at radius 3 is 2.14 bits per heavy atom. The second kappa shape index (κ2) is 8.20. The van der Waals surface area contributed by atoms with Gasteiger partial charge in [0.1, 0.15) is 48.3 Å². The third-order valence-corrected chi connectivity index (χ3v) is 5.02.